The van der Waals surface area contributed by atoms with Gasteiger partial charge in [-0.2, -0.15) is 0 Å². The van der Waals surface area contributed by atoms with Crippen molar-refractivity contribution in [1.82, 2.24) is 20.3 Å². The van der Waals surface area contributed by atoms with Crippen molar-refractivity contribution in [3.8, 4) is 11.3 Å². The molecule has 3 aromatic rings. The number of ether oxygens (including phenoxy) is 1. The molecule has 114 valence electrons. The van der Waals surface area contributed by atoms with Gasteiger partial charge in [-0.15, -0.1) is 0 Å². The molecular formula is C15H10N4O4. The Labute approximate surface area is 129 Å². The number of carbonyl (C=O) groups excluding carboxylic acids is 2. The Morgan fingerprint density at radius 1 is 1.17 bits per heavy atom. The Balaban J connectivity index is 1.86. The maximum absolute atomic E-state index is 12.7. The quantitative estimate of drug-likeness (QED) is 0.521. The van der Waals surface area contributed by atoms with Crippen LogP contribution in [0.1, 0.15) is 28.5 Å². The van der Waals surface area contributed by atoms with Crippen LogP contribution in [-0.2, 0) is 16.0 Å². The van der Waals surface area contributed by atoms with Gasteiger partial charge in [0.25, 0.3) is 0 Å². The molecule has 8 nitrogen and oxygen atoms in total. The van der Waals surface area contributed by atoms with Crippen LogP contribution < -0.4 is 0 Å². The van der Waals surface area contributed by atoms with Gasteiger partial charge in [0.15, 0.2) is 0 Å². The van der Waals surface area contributed by atoms with Crippen LogP contribution in [0.4, 0.5) is 0 Å². The number of carbonyl (C=O) groups is 2. The van der Waals surface area contributed by atoms with E-state index in [-0.39, 0.29) is 35.2 Å². The van der Waals surface area contributed by atoms with E-state index in [4.69, 9.17) is 4.74 Å². The minimum absolute atomic E-state index is 0.0221. The monoisotopic (exact) mass is 310 g/mol. The van der Waals surface area contributed by atoms with Crippen LogP contribution in [0.3, 0.4) is 0 Å². The fourth-order valence-corrected chi connectivity index (χ4v) is 2.68. The molecule has 8 heteroatoms. The van der Waals surface area contributed by atoms with Crippen molar-refractivity contribution in [2.45, 2.75) is 13.3 Å². The van der Waals surface area contributed by atoms with Gasteiger partial charge in [-0.05, 0) is 22.8 Å². The van der Waals surface area contributed by atoms with Crippen molar-refractivity contribution >= 4 is 23.0 Å². The first-order valence-corrected chi connectivity index (χ1v) is 7.02. The van der Waals surface area contributed by atoms with Crippen molar-refractivity contribution in [3.63, 3.8) is 0 Å². The minimum atomic E-state index is -0.383. The van der Waals surface area contributed by atoms with E-state index in [1.54, 1.807) is 25.1 Å². The topological polar surface area (TPSA) is 108 Å². The predicted octanol–water partition coefficient (Wildman–Crippen LogP) is 1.33. The lowest BCUT2D eigenvalue weighted by Gasteiger charge is -2.06. The molecule has 0 aliphatic heterocycles. The standard InChI is InChI=1S/C15H10N4O4/c1-2-22-9(20)6-7-4-3-5-8-10(7)13(21)12-11(8)16-14-15(17-12)19-23-18-14/h3-5H,2,6H2,1H3. The van der Waals surface area contributed by atoms with E-state index in [0.29, 0.717) is 29.0 Å². The highest BCUT2D eigenvalue weighted by Crippen LogP contribution is 2.36. The molecule has 2 heterocycles. The Bertz CT molecular complexity index is 963. The average molecular weight is 310 g/mol. The zero-order valence-electron chi connectivity index (χ0n) is 12.1. The second-order valence-corrected chi connectivity index (χ2v) is 4.98. The molecular weight excluding hydrogens is 300 g/mol. The number of hydrogen-bond donors (Lipinski definition) is 0. The smallest absolute Gasteiger partial charge is 0.310 e. The number of fused-ring (bicyclic) bond motifs is 4. The lowest BCUT2D eigenvalue weighted by Crippen LogP contribution is -2.11. The molecule has 0 amide bonds. The van der Waals surface area contributed by atoms with Crippen molar-refractivity contribution in [3.05, 3.63) is 35.0 Å². The first-order chi connectivity index (χ1) is 11.2. The largest absolute Gasteiger partial charge is 0.466 e. The summed E-state index contributed by atoms with van der Waals surface area (Å²) in [6, 6.07) is 5.26. The number of rotatable bonds is 3. The van der Waals surface area contributed by atoms with Gasteiger partial charge >= 0.3 is 5.97 Å². The van der Waals surface area contributed by atoms with Gasteiger partial charge in [0.1, 0.15) is 11.4 Å². The number of esters is 1. The number of aromatic nitrogens is 4. The maximum atomic E-state index is 12.7. The molecule has 2 aromatic heterocycles. The van der Waals surface area contributed by atoms with E-state index in [9.17, 15) is 9.59 Å². The predicted molar refractivity (Wildman–Crippen MR) is 76.6 cm³/mol. The molecule has 0 unspecified atom stereocenters. The van der Waals surface area contributed by atoms with E-state index >= 15 is 0 Å². The van der Waals surface area contributed by atoms with E-state index in [0.717, 1.165) is 0 Å². The fourth-order valence-electron chi connectivity index (χ4n) is 2.68. The van der Waals surface area contributed by atoms with Crippen LogP contribution in [0.2, 0.25) is 0 Å². The highest BCUT2D eigenvalue weighted by atomic mass is 16.6. The third kappa shape index (κ3) is 1.99. The summed E-state index contributed by atoms with van der Waals surface area (Å²) in [6.45, 7) is 2.03. The summed E-state index contributed by atoms with van der Waals surface area (Å²) in [4.78, 5) is 32.9. The van der Waals surface area contributed by atoms with Gasteiger partial charge in [-0.25, -0.2) is 14.6 Å². The molecule has 0 saturated heterocycles. The second-order valence-electron chi connectivity index (χ2n) is 4.98. The van der Waals surface area contributed by atoms with Crippen molar-refractivity contribution < 1.29 is 19.0 Å². The molecule has 0 fully saturated rings. The summed E-state index contributed by atoms with van der Waals surface area (Å²) in [7, 11) is 0. The molecule has 0 radical (unpaired) electrons. The van der Waals surface area contributed by atoms with Crippen LogP contribution in [0.25, 0.3) is 22.6 Å². The van der Waals surface area contributed by atoms with E-state index in [1.165, 1.54) is 0 Å². The normalized spacial score (nSPS) is 12.3. The van der Waals surface area contributed by atoms with Crippen molar-refractivity contribution in [1.29, 1.82) is 0 Å². The van der Waals surface area contributed by atoms with E-state index in [2.05, 4.69) is 24.9 Å². The molecule has 0 saturated carbocycles. The number of ketones is 1. The Kier molecular flexibility index (Phi) is 2.90. The first-order valence-electron chi connectivity index (χ1n) is 7.02. The highest BCUT2D eigenvalue weighted by Gasteiger charge is 2.33. The molecule has 4 rings (SSSR count). The highest BCUT2D eigenvalue weighted by molar-refractivity contribution is 6.21. The van der Waals surface area contributed by atoms with Gasteiger partial charge in [0.2, 0.25) is 17.1 Å². The maximum Gasteiger partial charge on any atom is 0.310 e. The van der Waals surface area contributed by atoms with Crippen LogP contribution in [-0.4, -0.2) is 38.6 Å². The summed E-state index contributed by atoms with van der Waals surface area (Å²) in [5.41, 5.74) is 2.69. The lowest BCUT2D eigenvalue weighted by molar-refractivity contribution is -0.142. The number of hydrogen-bond acceptors (Lipinski definition) is 8. The van der Waals surface area contributed by atoms with Crippen molar-refractivity contribution in [2.75, 3.05) is 6.61 Å². The first kappa shape index (κ1) is 13.5. The van der Waals surface area contributed by atoms with E-state index in [1.807, 2.05) is 0 Å². The Morgan fingerprint density at radius 3 is 2.65 bits per heavy atom. The van der Waals surface area contributed by atoms with Gasteiger partial charge in [0, 0.05) is 11.1 Å². The molecule has 1 aromatic carbocycles. The molecule has 0 bridgehead atoms. The molecule has 1 aliphatic rings. The van der Waals surface area contributed by atoms with Crippen LogP contribution >= 0.6 is 0 Å². The number of nitrogens with zero attached hydrogens (tertiary/aromatic N) is 4. The van der Waals surface area contributed by atoms with Gasteiger partial charge in [0.05, 0.1) is 13.0 Å². The van der Waals surface area contributed by atoms with Crippen LogP contribution in [0.15, 0.2) is 22.8 Å². The summed E-state index contributed by atoms with van der Waals surface area (Å²) < 4.78 is 9.53. The Morgan fingerprint density at radius 2 is 1.91 bits per heavy atom. The Hall–Kier alpha value is -3.16. The molecule has 0 N–H and O–H groups in total. The number of benzene rings is 1. The second kappa shape index (κ2) is 4.94. The third-order valence-electron chi connectivity index (χ3n) is 3.60. The third-order valence-corrected chi connectivity index (χ3v) is 3.60. The zero-order valence-corrected chi connectivity index (χ0v) is 12.1. The SMILES string of the molecule is CCOC(=O)Cc1cccc2c1C(=O)c1nc3nonc3nc1-2. The molecule has 23 heavy (non-hydrogen) atoms. The lowest BCUT2D eigenvalue weighted by atomic mass is 9.99. The summed E-state index contributed by atoms with van der Waals surface area (Å²) in [6.07, 6.45) is 0.0221. The minimum Gasteiger partial charge on any atom is -0.466 e. The fraction of sp³-hybridized carbons (Fsp3) is 0.200. The van der Waals surface area contributed by atoms with Crippen LogP contribution in [0.5, 0.6) is 0 Å². The molecule has 0 spiro atoms. The molecule has 0 atom stereocenters. The van der Waals surface area contributed by atoms with E-state index < -0.39 is 0 Å². The average Bonchev–Trinajstić information content (AvgIpc) is 3.10. The van der Waals surface area contributed by atoms with Crippen molar-refractivity contribution in [2.24, 2.45) is 0 Å². The zero-order chi connectivity index (χ0) is 16.0. The van der Waals surface area contributed by atoms with Gasteiger partial charge in [-0.1, -0.05) is 18.2 Å². The summed E-state index contributed by atoms with van der Waals surface area (Å²) >= 11 is 0. The summed E-state index contributed by atoms with van der Waals surface area (Å²) in [5.74, 6) is -0.668. The molecule has 1 aliphatic carbocycles. The van der Waals surface area contributed by atoms with Gasteiger partial charge < -0.3 is 4.74 Å². The van der Waals surface area contributed by atoms with Crippen LogP contribution in [0, 0.1) is 0 Å². The summed E-state index contributed by atoms with van der Waals surface area (Å²) in [5, 5.41) is 7.25. The van der Waals surface area contributed by atoms with Gasteiger partial charge in [-0.3, -0.25) is 9.59 Å².